The van der Waals surface area contributed by atoms with Gasteiger partial charge in [0.15, 0.2) is 0 Å². The summed E-state index contributed by atoms with van der Waals surface area (Å²) in [7, 11) is 0. The molecule has 5 heteroatoms. The van der Waals surface area contributed by atoms with E-state index in [2.05, 4.69) is 40.1 Å². The van der Waals surface area contributed by atoms with Gasteiger partial charge in [0.2, 0.25) is 0 Å². The first kappa shape index (κ1) is 13.6. The SMILES string of the molecule is CC(C)NCc1csc(-c2cc(Br)ccc2F)n1. The maximum atomic E-state index is 13.7. The molecule has 0 fully saturated rings. The number of hydrogen-bond acceptors (Lipinski definition) is 3. The molecule has 2 aromatic rings. The number of nitrogens with zero attached hydrogens (tertiary/aromatic N) is 1. The molecule has 1 aromatic heterocycles. The second kappa shape index (κ2) is 5.91. The van der Waals surface area contributed by atoms with E-state index in [1.165, 1.54) is 17.4 Å². The number of nitrogens with one attached hydrogen (secondary N) is 1. The summed E-state index contributed by atoms with van der Waals surface area (Å²) in [6.45, 7) is 4.88. The Morgan fingerprint density at radius 3 is 2.94 bits per heavy atom. The molecule has 0 saturated carbocycles. The molecule has 0 spiro atoms. The highest BCUT2D eigenvalue weighted by Gasteiger charge is 2.10. The lowest BCUT2D eigenvalue weighted by Gasteiger charge is -2.05. The summed E-state index contributed by atoms with van der Waals surface area (Å²) < 4.78 is 14.6. The Morgan fingerprint density at radius 1 is 1.44 bits per heavy atom. The van der Waals surface area contributed by atoms with Crippen molar-refractivity contribution >= 4 is 27.3 Å². The van der Waals surface area contributed by atoms with E-state index in [0.717, 1.165) is 10.2 Å². The Bertz CT molecular complexity index is 540. The topological polar surface area (TPSA) is 24.9 Å². The summed E-state index contributed by atoms with van der Waals surface area (Å²) in [5, 5.41) is 5.97. The maximum absolute atomic E-state index is 13.7. The van der Waals surface area contributed by atoms with Crippen LogP contribution in [0.3, 0.4) is 0 Å². The number of benzene rings is 1. The molecule has 0 bridgehead atoms. The molecular weight excluding hydrogens is 315 g/mol. The van der Waals surface area contributed by atoms with Crippen molar-refractivity contribution < 1.29 is 4.39 Å². The molecule has 2 rings (SSSR count). The fourth-order valence-electron chi connectivity index (χ4n) is 1.48. The third kappa shape index (κ3) is 3.37. The molecule has 0 aliphatic rings. The minimum Gasteiger partial charge on any atom is -0.309 e. The van der Waals surface area contributed by atoms with Gasteiger partial charge < -0.3 is 5.32 Å². The van der Waals surface area contributed by atoms with Gasteiger partial charge in [-0.1, -0.05) is 29.8 Å². The largest absolute Gasteiger partial charge is 0.309 e. The Hall–Kier alpha value is -0.780. The molecule has 1 N–H and O–H groups in total. The summed E-state index contributed by atoms with van der Waals surface area (Å²) in [5.41, 5.74) is 1.49. The van der Waals surface area contributed by atoms with Gasteiger partial charge in [0.05, 0.1) is 5.69 Å². The third-order valence-corrected chi connectivity index (χ3v) is 3.82. The first-order chi connectivity index (χ1) is 8.56. The smallest absolute Gasteiger partial charge is 0.133 e. The van der Waals surface area contributed by atoms with Crippen molar-refractivity contribution in [3.63, 3.8) is 0 Å². The van der Waals surface area contributed by atoms with Crippen LogP contribution in [0.25, 0.3) is 10.6 Å². The number of aromatic nitrogens is 1. The van der Waals surface area contributed by atoms with Crippen molar-refractivity contribution in [3.8, 4) is 10.6 Å². The molecule has 18 heavy (non-hydrogen) atoms. The van der Waals surface area contributed by atoms with Gasteiger partial charge in [-0.15, -0.1) is 11.3 Å². The van der Waals surface area contributed by atoms with Crippen LogP contribution in [0.1, 0.15) is 19.5 Å². The minimum absolute atomic E-state index is 0.240. The standard InChI is InChI=1S/C13H14BrFN2S/c1-8(2)16-6-10-7-18-13(17-10)11-5-9(14)3-4-12(11)15/h3-5,7-8,16H,6H2,1-2H3. The monoisotopic (exact) mass is 328 g/mol. The van der Waals surface area contributed by atoms with E-state index < -0.39 is 0 Å². The lowest BCUT2D eigenvalue weighted by Crippen LogP contribution is -2.21. The molecule has 1 heterocycles. The van der Waals surface area contributed by atoms with Crippen LogP contribution in [-0.2, 0) is 6.54 Å². The molecule has 0 amide bonds. The summed E-state index contributed by atoms with van der Waals surface area (Å²) in [6, 6.07) is 5.31. The molecule has 0 radical (unpaired) electrons. The van der Waals surface area contributed by atoms with Gasteiger partial charge >= 0.3 is 0 Å². The van der Waals surface area contributed by atoms with Crippen LogP contribution in [0.4, 0.5) is 4.39 Å². The highest BCUT2D eigenvalue weighted by Crippen LogP contribution is 2.28. The quantitative estimate of drug-likeness (QED) is 0.909. The van der Waals surface area contributed by atoms with E-state index in [-0.39, 0.29) is 5.82 Å². The van der Waals surface area contributed by atoms with Crippen LogP contribution in [0.15, 0.2) is 28.1 Å². The molecule has 0 aliphatic carbocycles. The first-order valence-electron chi connectivity index (χ1n) is 5.69. The molecule has 0 aliphatic heterocycles. The zero-order valence-electron chi connectivity index (χ0n) is 10.2. The van der Waals surface area contributed by atoms with Gasteiger partial charge in [-0.2, -0.15) is 0 Å². The second-order valence-electron chi connectivity index (χ2n) is 4.30. The van der Waals surface area contributed by atoms with E-state index in [1.54, 1.807) is 12.1 Å². The molecule has 0 atom stereocenters. The predicted octanol–water partition coefficient (Wildman–Crippen LogP) is 4.21. The second-order valence-corrected chi connectivity index (χ2v) is 6.08. The maximum Gasteiger partial charge on any atom is 0.133 e. The Kier molecular flexibility index (Phi) is 4.48. The first-order valence-corrected chi connectivity index (χ1v) is 7.36. The van der Waals surface area contributed by atoms with E-state index in [0.29, 0.717) is 23.2 Å². The van der Waals surface area contributed by atoms with Gasteiger partial charge in [-0.05, 0) is 18.2 Å². The fraction of sp³-hybridized carbons (Fsp3) is 0.308. The molecular formula is C13H14BrFN2S. The van der Waals surface area contributed by atoms with Crippen LogP contribution >= 0.6 is 27.3 Å². The average molecular weight is 329 g/mol. The van der Waals surface area contributed by atoms with E-state index in [9.17, 15) is 4.39 Å². The normalized spacial score (nSPS) is 11.2. The number of hydrogen-bond donors (Lipinski definition) is 1. The molecule has 1 aromatic carbocycles. The summed E-state index contributed by atoms with van der Waals surface area (Å²) in [4.78, 5) is 4.45. The minimum atomic E-state index is -0.240. The van der Waals surface area contributed by atoms with Crippen molar-refractivity contribution in [1.29, 1.82) is 0 Å². The Labute approximate surface area is 118 Å². The van der Waals surface area contributed by atoms with Crippen molar-refractivity contribution in [2.24, 2.45) is 0 Å². The van der Waals surface area contributed by atoms with Crippen molar-refractivity contribution in [1.82, 2.24) is 10.3 Å². The van der Waals surface area contributed by atoms with Gasteiger partial charge in [0, 0.05) is 28.0 Å². The molecule has 0 unspecified atom stereocenters. The molecule has 96 valence electrons. The Morgan fingerprint density at radius 2 is 2.22 bits per heavy atom. The Balaban J connectivity index is 2.21. The number of rotatable bonds is 4. The van der Waals surface area contributed by atoms with Crippen LogP contribution in [0.5, 0.6) is 0 Å². The summed E-state index contributed by atoms with van der Waals surface area (Å²) in [5.74, 6) is -0.240. The lowest BCUT2D eigenvalue weighted by molar-refractivity contribution is 0.583. The summed E-state index contributed by atoms with van der Waals surface area (Å²) >= 11 is 4.81. The predicted molar refractivity (Wildman–Crippen MR) is 77.2 cm³/mol. The van der Waals surface area contributed by atoms with Crippen molar-refractivity contribution in [2.75, 3.05) is 0 Å². The van der Waals surface area contributed by atoms with E-state index in [4.69, 9.17) is 0 Å². The van der Waals surface area contributed by atoms with E-state index in [1.807, 2.05) is 5.38 Å². The van der Waals surface area contributed by atoms with Gasteiger partial charge in [-0.3, -0.25) is 0 Å². The van der Waals surface area contributed by atoms with Crippen LogP contribution in [0.2, 0.25) is 0 Å². The number of thiazole rings is 1. The highest BCUT2D eigenvalue weighted by atomic mass is 79.9. The third-order valence-electron chi connectivity index (χ3n) is 2.40. The fourth-order valence-corrected chi connectivity index (χ4v) is 2.68. The van der Waals surface area contributed by atoms with Gasteiger partial charge in [0.1, 0.15) is 10.8 Å². The zero-order valence-corrected chi connectivity index (χ0v) is 12.6. The van der Waals surface area contributed by atoms with Crippen molar-refractivity contribution in [3.05, 3.63) is 39.6 Å². The lowest BCUT2D eigenvalue weighted by atomic mass is 10.2. The number of halogens is 2. The molecule has 2 nitrogen and oxygen atoms in total. The van der Waals surface area contributed by atoms with Crippen LogP contribution < -0.4 is 5.32 Å². The molecule has 0 saturated heterocycles. The van der Waals surface area contributed by atoms with Crippen LogP contribution in [0, 0.1) is 5.82 Å². The zero-order chi connectivity index (χ0) is 13.1. The van der Waals surface area contributed by atoms with E-state index >= 15 is 0 Å². The summed E-state index contributed by atoms with van der Waals surface area (Å²) in [6.07, 6.45) is 0. The average Bonchev–Trinajstić information content (AvgIpc) is 2.78. The van der Waals surface area contributed by atoms with Crippen molar-refractivity contribution in [2.45, 2.75) is 26.4 Å². The van der Waals surface area contributed by atoms with Gasteiger partial charge in [-0.25, -0.2) is 9.37 Å². The highest BCUT2D eigenvalue weighted by molar-refractivity contribution is 9.10. The van der Waals surface area contributed by atoms with Gasteiger partial charge in [0.25, 0.3) is 0 Å². The van der Waals surface area contributed by atoms with Crippen LogP contribution in [-0.4, -0.2) is 11.0 Å².